The van der Waals surface area contributed by atoms with Gasteiger partial charge in [-0.15, -0.1) is 0 Å². The summed E-state index contributed by atoms with van der Waals surface area (Å²) in [6.07, 6.45) is 2.23. The van der Waals surface area contributed by atoms with Crippen LogP contribution in [0.4, 0.5) is 0 Å². The Morgan fingerprint density at radius 2 is 2.07 bits per heavy atom. The Morgan fingerprint density at radius 1 is 1.36 bits per heavy atom. The molecule has 0 saturated carbocycles. The molecule has 0 radical (unpaired) electrons. The lowest BCUT2D eigenvalue weighted by molar-refractivity contribution is -0.117. The van der Waals surface area contributed by atoms with Gasteiger partial charge in [0.05, 0.1) is 6.61 Å². The summed E-state index contributed by atoms with van der Waals surface area (Å²) in [5.74, 6) is -0.863. The first-order valence-electron chi connectivity index (χ1n) is 4.03. The molecular weight excluding hydrogens is 188 g/mol. The van der Waals surface area contributed by atoms with Crippen LogP contribution in [0.3, 0.4) is 0 Å². The van der Waals surface area contributed by atoms with E-state index >= 15 is 0 Å². The Labute approximate surface area is 80.3 Å². The number of hydrogen-bond donors (Lipinski definition) is 2. The number of allylic oxidation sites excluding steroid dienone is 3. The molecule has 0 bridgehead atoms. The highest BCUT2D eigenvalue weighted by atomic mass is 16.5. The van der Waals surface area contributed by atoms with Crippen LogP contribution in [0.2, 0.25) is 0 Å². The second-order valence-electron chi connectivity index (χ2n) is 2.76. The van der Waals surface area contributed by atoms with Crippen LogP contribution in [0.1, 0.15) is 0 Å². The molecule has 1 atom stereocenters. The number of rotatable bonds is 4. The van der Waals surface area contributed by atoms with Crippen LogP contribution in [0.5, 0.6) is 0 Å². The van der Waals surface area contributed by atoms with Crippen LogP contribution in [-0.4, -0.2) is 41.1 Å². The van der Waals surface area contributed by atoms with Gasteiger partial charge in [0.15, 0.2) is 11.5 Å². The Bertz CT molecular complexity index is 302. The van der Waals surface area contributed by atoms with E-state index in [0.717, 1.165) is 18.2 Å². The van der Waals surface area contributed by atoms with E-state index in [9.17, 15) is 9.59 Å². The zero-order valence-corrected chi connectivity index (χ0v) is 7.34. The highest BCUT2D eigenvalue weighted by Crippen LogP contribution is 2.07. The molecule has 0 amide bonds. The van der Waals surface area contributed by atoms with Crippen molar-refractivity contribution < 1.29 is 24.5 Å². The summed E-state index contributed by atoms with van der Waals surface area (Å²) in [6, 6.07) is 0. The fourth-order valence-electron chi connectivity index (χ4n) is 0.840. The number of aliphatic hydroxyl groups is 2. The molecule has 0 spiro atoms. The summed E-state index contributed by atoms with van der Waals surface area (Å²) in [7, 11) is 0. The summed E-state index contributed by atoms with van der Waals surface area (Å²) in [5.41, 5.74) is 0. The summed E-state index contributed by atoms with van der Waals surface area (Å²) >= 11 is 0. The third kappa shape index (κ3) is 2.79. The third-order valence-electron chi connectivity index (χ3n) is 1.56. The van der Waals surface area contributed by atoms with Crippen LogP contribution < -0.4 is 0 Å². The van der Waals surface area contributed by atoms with Gasteiger partial charge in [0.25, 0.3) is 0 Å². The van der Waals surface area contributed by atoms with Gasteiger partial charge in [0, 0.05) is 6.08 Å². The van der Waals surface area contributed by atoms with Gasteiger partial charge in [-0.05, 0) is 12.2 Å². The third-order valence-corrected chi connectivity index (χ3v) is 1.56. The molecule has 14 heavy (non-hydrogen) atoms. The average molecular weight is 198 g/mol. The van der Waals surface area contributed by atoms with E-state index in [1.54, 1.807) is 0 Å². The Hall–Kier alpha value is -1.46. The number of carbonyl (C=O) groups is 2. The van der Waals surface area contributed by atoms with E-state index in [1.165, 1.54) is 0 Å². The molecule has 1 rings (SSSR count). The molecule has 0 saturated heterocycles. The lowest BCUT2D eigenvalue weighted by Crippen LogP contribution is -2.21. The van der Waals surface area contributed by atoms with Gasteiger partial charge in [-0.25, -0.2) is 0 Å². The summed E-state index contributed by atoms with van der Waals surface area (Å²) in [6.45, 7) is -0.666. The SMILES string of the molecule is O=C1C=CC(=O)C(OCC(O)CO)=C1. The van der Waals surface area contributed by atoms with Crippen molar-refractivity contribution in [2.45, 2.75) is 6.10 Å². The smallest absolute Gasteiger partial charge is 0.220 e. The quantitative estimate of drug-likeness (QED) is 0.563. The molecule has 2 N–H and O–H groups in total. The normalized spacial score (nSPS) is 18.0. The van der Waals surface area contributed by atoms with Crippen LogP contribution in [0, 0.1) is 0 Å². The van der Waals surface area contributed by atoms with Gasteiger partial charge in [-0.2, -0.15) is 0 Å². The first kappa shape index (κ1) is 10.6. The second-order valence-corrected chi connectivity index (χ2v) is 2.76. The lowest BCUT2D eigenvalue weighted by atomic mass is 10.1. The van der Waals surface area contributed by atoms with Crippen molar-refractivity contribution in [3.05, 3.63) is 24.0 Å². The molecule has 5 heteroatoms. The van der Waals surface area contributed by atoms with Crippen LogP contribution >= 0.6 is 0 Å². The van der Waals surface area contributed by atoms with Crippen molar-refractivity contribution in [3.8, 4) is 0 Å². The standard InChI is InChI=1S/C9H10O5/c10-4-7(12)5-14-9-3-6(11)1-2-8(9)13/h1-3,7,10,12H,4-5H2. The van der Waals surface area contributed by atoms with Crippen LogP contribution in [-0.2, 0) is 14.3 Å². The number of hydrogen-bond acceptors (Lipinski definition) is 5. The molecule has 1 unspecified atom stereocenters. The summed E-state index contributed by atoms with van der Waals surface area (Å²) in [5, 5.41) is 17.4. The Balaban J connectivity index is 2.52. The predicted octanol–water partition coefficient (Wildman–Crippen LogP) is -1.05. The highest BCUT2D eigenvalue weighted by molar-refractivity contribution is 6.16. The van der Waals surface area contributed by atoms with E-state index in [2.05, 4.69) is 0 Å². The minimum Gasteiger partial charge on any atom is -0.487 e. The first-order valence-corrected chi connectivity index (χ1v) is 4.03. The minimum atomic E-state index is -1.05. The largest absolute Gasteiger partial charge is 0.487 e. The number of ketones is 2. The molecule has 5 nitrogen and oxygen atoms in total. The van der Waals surface area contributed by atoms with Gasteiger partial charge < -0.3 is 14.9 Å². The van der Waals surface area contributed by atoms with Crippen molar-refractivity contribution in [1.29, 1.82) is 0 Å². The zero-order valence-electron chi connectivity index (χ0n) is 7.34. The van der Waals surface area contributed by atoms with E-state index in [4.69, 9.17) is 14.9 Å². The number of carbonyl (C=O) groups excluding carboxylic acids is 2. The monoisotopic (exact) mass is 198 g/mol. The van der Waals surface area contributed by atoms with Gasteiger partial charge in [0.1, 0.15) is 12.7 Å². The zero-order chi connectivity index (χ0) is 10.6. The van der Waals surface area contributed by atoms with Crippen molar-refractivity contribution >= 4 is 11.6 Å². The summed E-state index contributed by atoms with van der Waals surface area (Å²) in [4.78, 5) is 21.9. The Kier molecular flexibility index (Phi) is 3.55. The molecule has 76 valence electrons. The first-order chi connectivity index (χ1) is 6.63. The van der Waals surface area contributed by atoms with Crippen molar-refractivity contribution in [1.82, 2.24) is 0 Å². The molecule has 0 aliphatic heterocycles. The summed E-state index contributed by atoms with van der Waals surface area (Å²) < 4.78 is 4.85. The van der Waals surface area contributed by atoms with Crippen LogP contribution in [0.15, 0.2) is 24.0 Å². The number of aliphatic hydroxyl groups excluding tert-OH is 2. The molecule has 0 fully saturated rings. The molecule has 0 aromatic carbocycles. The topological polar surface area (TPSA) is 83.8 Å². The number of ether oxygens (including phenoxy) is 1. The average Bonchev–Trinajstić information content (AvgIpc) is 2.19. The molecule has 1 aliphatic rings. The van der Waals surface area contributed by atoms with Gasteiger partial charge in [-0.1, -0.05) is 0 Å². The lowest BCUT2D eigenvalue weighted by Gasteiger charge is -2.11. The van der Waals surface area contributed by atoms with Gasteiger partial charge in [-0.3, -0.25) is 9.59 Å². The van der Waals surface area contributed by atoms with Gasteiger partial charge in [0.2, 0.25) is 5.78 Å². The van der Waals surface area contributed by atoms with Crippen molar-refractivity contribution in [3.63, 3.8) is 0 Å². The fraction of sp³-hybridized carbons (Fsp3) is 0.333. The van der Waals surface area contributed by atoms with E-state index in [-0.39, 0.29) is 18.1 Å². The maximum atomic E-state index is 11.1. The molecule has 0 aromatic rings. The van der Waals surface area contributed by atoms with Crippen molar-refractivity contribution in [2.24, 2.45) is 0 Å². The highest BCUT2D eigenvalue weighted by Gasteiger charge is 2.15. The van der Waals surface area contributed by atoms with E-state index in [1.807, 2.05) is 0 Å². The predicted molar refractivity (Wildman–Crippen MR) is 46.3 cm³/mol. The Morgan fingerprint density at radius 3 is 2.71 bits per heavy atom. The van der Waals surface area contributed by atoms with E-state index in [0.29, 0.717) is 0 Å². The molecule has 0 aromatic heterocycles. The minimum absolute atomic E-state index is 0.106. The van der Waals surface area contributed by atoms with E-state index < -0.39 is 18.5 Å². The molecule has 1 aliphatic carbocycles. The van der Waals surface area contributed by atoms with Crippen molar-refractivity contribution in [2.75, 3.05) is 13.2 Å². The van der Waals surface area contributed by atoms with Gasteiger partial charge >= 0.3 is 0 Å². The fourth-order valence-corrected chi connectivity index (χ4v) is 0.840. The second kappa shape index (κ2) is 4.69. The maximum absolute atomic E-state index is 11.1. The molecule has 0 heterocycles. The van der Waals surface area contributed by atoms with Crippen LogP contribution in [0.25, 0.3) is 0 Å². The maximum Gasteiger partial charge on any atom is 0.220 e. The molecular formula is C9H10O5.